The van der Waals surface area contributed by atoms with E-state index in [-0.39, 0.29) is 0 Å². The molecule has 1 aromatic heterocycles. The number of H-pyrrole nitrogens is 1. The maximum atomic E-state index is 10.4. The van der Waals surface area contributed by atoms with E-state index in [1.807, 2.05) is 12.5 Å². The molecule has 0 atom stereocenters. The van der Waals surface area contributed by atoms with Gasteiger partial charge in [-0.05, 0) is 19.3 Å². The average Bonchev–Trinajstić information content (AvgIpc) is 3.17. The molecular weight excluding hydrogens is 336 g/mol. The smallest absolute Gasteiger partial charge is 0.303 e. The second kappa shape index (κ2) is 18.1. The van der Waals surface area contributed by atoms with Gasteiger partial charge in [0.15, 0.2) is 0 Å². The van der Waals surface area contributed by atoms with Crippen molar-refractivity contribution in [3.63, 3.8) is 0 Å². The van der Waals surface area contributed by atoms with Gasteiger partial charge in [-0.25, -0.2) is 4.57 Å². The maximum absolute atomic E-state index is 10.4. The molecule has 27 heavy (non-hydrogen) atoms. The van der Waals surface area contributed by atoms with E-state index in [0.717, 1.165) is 19.4 Å². The highest BCUT2D eigenvalue weighted by molar-refractivity contribution is 5.66. The van der Waals surface area contributed by atoms with Crippen molar-refractivity contribution in [3.8, 4) is 0 Å². The van der Waals surface area contributed by atoms with E-state index in [1.54, 1.807) is 0 Å². The van der Waals surface area contributed by atoms with Gasteiger partial charge in [0.05, 0.1) is 6.54 Å². The Morgan fingerprint density at radius 3 is 1.44 bits per heavy atom. The topological polar surface area (TPSA) is 57.0 Å². The number of carbonyl (C=O) groups is 1. The van der Waals surface area contributed by atoms with Crippen molar-refractivity contribution >= 4 is 5.97 Å². The molecule has 0 unspecified atom stereocenters. The first kappa shape index (κ1) is 23.7. The Bertz CT molecular complexity index is 432. The zero-order valence-corrected chi connectivity index (χ0v) is 17.5. The fraction of sp³-hybridized carbons (Fsp3) is 0.826. The summed E-state index contributed by atoms with van der Waals surface area (Å²) in [4.78, 5) is 13.5. The molecule has 0 radical (unpaired) electrons. The van der Waals surface area contributed by atoms with Crippen LogP contribution < -0.4 is 4.57 Å². The van der Waals surface area contributed by atoms with Gasteiger partial charge in [-0.15, -0.1) is 0 Å². The fourth-order valence-corrected chi connectivity index (χ4v) is 3.68. The Morgan fingerprint density at radius 2 is 1.07 bits per heavy atom. The molecule has 0 amide bonds. The van der Waals surface area contributed by atoms with Crippen LogP contribution in [0.5, 0.6) is 0 Å². The van der Waals surface area contributed by atoms with E-state index in [9.17, 15) is 4.79 Å². The number of nitrogens with one attached hydrogen (secondary N) is 1. The third kappa shape index (κ3) is 16.6. The average molecular weight is 380 g/mol. The van der Waals surface area contributed by atoms with Crippen LogP contribution in [0.15, 0.2) is 18.7 Å². The van der Waals surface area contributed by atoms with Gasteiger partial charge < -0.3 is 5.11 Å². The number of rotatable bonds is 20. The summed E-state index contributed by atoms with van der Waals surface area (Å²) < 4.78 is 2.22. The third-order valence-electron chi connectivity index (χ3n) is 5.41. The molecule has 4 heteroatoms. The maximum Gasteiger partial charge on any atom is 0.303 e. The molecular formula is C23H43N2O2+. The Hall–Kier alpha value is -1.32. The number of aromatic nitrogens is 2. The van der Waals surface area contributed by atoms with Crippen LogP contribution >= 0.6 is 0 Å². The number of unbranched alkanes of at least 4 members (excludes halogenated alkanes) is 16. The summed E-state index contributed by atoms with van der Waals surface area (Å²) in [6.07, 6.45) is 28.9. The summed E-state index contributed by atoms with van der Waals surface area (Å²) in [5.74, 6) is -0.655. The first-order valence-corrected chi connectivity index (χ1v) is 11.5. The van der Waals surface area contributed by atoms with Crippen molar-refractivity contribution in [1.82, 2.24) is 4.98 Å². The minimum atomic E-state index is -0.655. The number of aryl methyl sites for hydroxylation is 1. The number of aromatic amines is 1. The number of carboxylic acids is 1. The van der Waals surface area contributed by atoms with Crippen LogP contribution in [-0.2, 0) is 11.3 Å². The number of imidazole rings is 1. The molecule has 0 saturated heterocycles. The Morgan fingerprint density at radius 1 is 0.667 bits per heavy atom. The van der Waals surface area contributed by atoms with Gasteiger partial charge in [-0.3, -0.25) is 9.78 Å². The quantitative estimate of drug-likeness (QED) is 0.203. The summed E-state index contributed by atoms with van der Waals surface area (Å²) in [6, 6.07) is 0. The molecule has 0 fully saturated rings. The van der Waals surface area contributed by atoms with Gasteiger partial charge in [-0.1, -0.05) is 89.9 Å². The lowest BCUT2D eigenvalue weighted by Crippen LogP contribution is -2.30. The van der Waals surface area contributed by atoms with E-state index < -0.39 is 5.97 Å². The highest BCUT2D eigenvalue weighted by atomic mass is 16.4. The summed E-state index contributed by atoms with van der Waals surface area (Å²) in [5, 5.41) is 8.58. The third-order valence-corrected chi connectivity index (χ3v) is 5.41. The largest absolute Gasteiger partial charge is 0.481 e. The van der Waals surface area contributed by atoms with Crippen molar-refractivity contribution < 1.29 is 14.5 Å². The number of hydrogen-bond acceptors (Lipinski definition) is 1. The molecule has 1 aromatic rings. The molecule has 0 aromatic carbocycles. The highest BCUT2D eigenvalue weighted by Gasteiger charge is 1.98. The monoisotopic (exact) mass is 379 g/mol. The molecule has 156 valence electrons. The lowest BCUT2D eigenvalue weighted by atomic mass is 10.0. The Labute approximate surface area is 166 Å². The molecule has 0 saturated carbocycles. The molecule has 1 rings (SSSR count). The fourth-order valence-electron chi connectivity index (χ4n) is 3.68. The van der Waals surface area contributed by atoms with E-state index in [1.165, 1.54) is 96.3 Å². The molecule has 0 aliphatic heterocycles. The van der Waals surface area contributed by atoms with Crippen molar-refractivity contribution in [2.24, 2.45) is 0 Å². The van der Waals surface area contributed by atoms with Crippen LogP contribution in [0.25, 0.3) is 0 Å². The van der Waals surface area contributed by atoms with Crippen LogP contribution in [0.1, 0.15) is 116 Å². The van der Waals surface area contributed by atoms with Gasteiger partial charge in [0.25, 0.3) is 0 Å². The first-order chi connectivity index (χ1) is 13.3. The minimum Gasteiger partial charge on any atom is -0.481 e. The number of aliphatic carboxylic acids is 1. The molecule has 0 aliphatic rings. The molecule has 0 aliphatic carbocycles. The van der Waals surface area contributed by atoms with E-state index in [0.29, 0.717) is 6.42 Å². The van der Waals surface area contributed by atoms with Crippen LogP contribution in [0.2, 0.25) is 0 Å². The predicted molar refractivity (Wildman–Crippen MR) is 112 cm³/mol. The Kier molecular flexibility index (Phi) is 15.9. The standard InChI is InChI=1S/C23H42N2O2/c26-23(27)18-16-14-12-10-8-6-4-2-1-3-5-7-9-11-13-15-17-20-25-21-19-24-22-25/h19,21-22H,1-18,20H2,(H,26,27)/p+1. The van der Waals surface area contributed by atoms with Gasteiger partial charge >= 0.3 is 5.97 Å². The number of nitrogens with zero attached hydrogens (tertiary/aromatic N) is 1. The first-order valence-electron chi connectivity index (χ1n) is 11.5. The summed E-state index contributed by atoms with van der Waals surface area (Å²) in [5.41, 5.74) is 0. The summed E-state index contributed by atoms with van der Waals surface area (Å²) in [7, 11) is 0. The molecule has 2 N–H and O–H groups in total. The lowest BCUT2D eigenvalue weighted by molar-refractivity contribution is -0.696. The van der Waals surface area contributed by atoms with Crippen LogP contribution in [0.4, 0.5) is 0 Å². The SMILES string of the molecule is O=C(O)CCCCCCCCCCCCCCCCCCC[n+]1cc[nH]c1. The van der Waals surface area contributed by atoms with E-state index in [4.69, 9.17) is 5.11 Å². The second-order valence-electron chi connectivity index (χ2n) is 8.00. The number of hydrogen-bond donors (Lipinski definition) is 2. The lowest BCUT2D eigenvalue weighted by Gasteiger charge is -2.03. The van der Waals surface area contributed by atoms with E-state index in [2.05, 4.69) is 15.7 Å². The Balaban J connectivity index is 1.66. The van der Waals surface area contributed by atoms with Crippen molar-refractivity contribution in [2.45, 2.75) is 122 Å². The molecule has 4 nitrogen and oxygen atoms in total. The predicted octanol–water partition coefficient (Wildman–Crippen LogP) is 6.41. The summed E-state index contributed by atoms with van der Waals surface area (Å²) in [6.45, 7) is 1.15. The molecule has 1 heterocycles. The number of carboxylic acid groups (broad SMARTS) is 1. The van der Waals surface area contributed by atoms with Crippen LogP contribution in [0, 0.1) is 0 Å². The minimum absolute atomic E-state index is 0.341. The van der Waals surface area contributed by atoms with Gasteiger partial charge in [0, 0.05) is 6.42 Å². The van der Waals surface area contributed by atoms with Crippen LogP contribution in [0.3, 0.4) is 0 Å². The van der Waals surface area contributed by atoms with Gasteiger partial charge in [0.2, 0.25) is 6.33 Å². The van der Waals surface area contributed by atoms with E-state index >= 15 is 0 Å². The highest BCUT2D eigenvalue weighted by Crippen LogP contribution is 2.14. The van der Waals surface area contributed by atoms with Gasteiger partial charge in [-0.2, -0.15) is 0 Å². The van der Waals surface area contributed by atoms with Crippen molar-refractivity contribution in [1.29, 1.82) is 0 Å². The van der Waals surface area contributed by atoms with Crippen molar-refractivity contribution in [2.75, 3.05) is 0 Å². The zero-order valence-electron chi connectivity index (χ0n) is 17.5. The second-order valence-corrected chi connectivity index (χ2v) is 8.00. The van der Waals surface area contributed by atoms with Crippen LogP contribution in [-0.4, -0.2) is 16.1 Å². The van der Waals surface area contributed by atoms with Crippen molar-refractivity contribution in [3.05, 3.63) is 18.7 Å². The van der Waals surface area contributed by atoms with Gasteiger partial charge in [0.1, 0.15) is 12.4 Å². The molecule has 0 spiro atoms. The normalized spacial score (nSPS) is 11.1. The zero-order chi connectivity index (χ0) is 19.4. The summed E-state index contributed by atoms with van der Waals surface area (Å²) >= 11 is 0. The molecule has 0 bridgehead atoms.